The molecule has 0 aliphatic carbocycles. The van der Waals surface area contributed by atoms with Gasteiger partial charge in [0.25, 0.3) is 0 Å². The second-order valence-electron chi connectivity index (χ2n) is 8.42. The van der Waals surface area contributed by atoms with E-state index in [-0.39, 0.29) is 11.8 Å². The summed E-state index contributed by atoms with van der Waals surface area (Å²) in [6.45, 7) is 1.49. The van der Waals surface area contributed by atoms with Crippen molar-refractivity contribution in [3.63, 3.8) is 0 Å². The molecule has 0 spiro atoms. The van der Waals surface area contributed by atoms with Crippen LogP contribution in [0.2, 0.25) is 0 Å². The van der Waals surface area contributed by atoms with E-state index in [1.165, 1.54) is 0 Å². The lowest BCUT2D eigenvalue weighted by molar-refractivity contribution is -0.132. The van der Waals surface area contributed by atoms with Crippen LogP contribution >= 0.6 is 0 Å². The summed E-state index contributed by atoms with van der Waals surface area (Å²) in [5.41, 5.74) is 9.74. The van der Waals surface area contributed by atoms with E-state index in [1.807, 2.05) is 59.5 Å². The molecule has 3 aromatic rings. The summed E-state index contributed by atoms with van der Waals surface area (Å²) in [6, 6.07) is 21.0. The summed E-state index contributed by atoms with van der Waals surface area (Å²) < 4.78 is 5.20. The van der Waals surface area contributed by atoms with Gasteiger partial charge in [0.05, 0.1) is 12.8 Å². The van der Waals surface area contributed by atoms with Crippen LogP contribution in [0.3, 0.4) is 0 Å². The zero-order valence-corrected chi connectivity index (χ0v) is 18.9. The number of likely N-dealkylation sites (tertiary alicyclic amines) is 1. The van der Waals surface area contributed by atoms with Gasteiger partial charge >= 0.3 is 0 Å². The quantitative estimate of drug-likeness (QED) is 0.593. The number of ether oxygens (including phenoxy) is 1. The zero-order chi connectivity index (χ0) is 23.2. The molecular weight excluding hydrogens is 414 g/mol. The minimum atomic E-state index is -0.442. The van der Waals surface area contributed by atoms with Crippen LogP contribution < -0.4 is 10.5 Å². The van der Waals surface area contributed by atoms with Crippen LogP contribution in [0.25, 0.3) is 11.3 Å². The van der Waals surface area contributed by atoms with E-state index in [1.54, 1.807) is 19.2 Å². The molecule has 1 aliphatic heterocycles. The largest absolute Gasteiger partial charge is 0.497 e. The number of pyridine rings is 1. The molecule has 1 atom stereocenters. The molecule has 2 amide bonds. The predicted octanol–water partition coefficient (Wildman–Crippen LogP) is 4.19. The fraction of sp³-hybridized carbons (Fsp3) is 0.296. The molecule has 1 saturated heterocycles. The molecule has 2 heterocycles. The van der Waals surface area contributed by atoms with E-state index in [4.69, 9.17) is 15.5 Å². The molecule has 0 bridgehead atoms. The molecule has 6 heteroatoms. The third-order valence-corrected chi connectivity index (χ3v) is 6.21. The molecule has 0 saturated carbocycles. The molecule has 170 valence electrons. The number of nitrogens with two attached hydrogens (primary N) is 1. The predicted molar refractivity (Wildman–Crippen MR) is 128 cm³/mol. The minimum absolute atomic E-state index is 0.189. The van der Waals surface area contributed by atoms with Crippen LogP contribution in [-0.4, -0.2) is 41.9 Å². The Morgan fingerprint density at radius 3 is 2.52 bits per heavy atom. The number of carbonyl (C=O) groups is 2. The Hall–Kier alpha value is -3.67. The first-order chi connectivity index (χ1) is 16.0. The van der Waals surface area contributed by atoms with Gasteiger partial charge in [0, 0.05) is 42.2 Å². The number of hydrogen-bond donors (Lipinski definition) is 1. The number of aryl methyl sites for hydroxylation is 1. The molecule has 2 aromatic carbocycles. The van der Waals surface area contributed by atoms with E-state index in [2.05, 4.69) is 0 Å². The van der Waals surface area contributed by atoms with Gasteiger partial charge in [0.15, 0.2) is 0 Å². The molecule has 0 radical (unpaired) electrons. The summed E-state index contributed by atoms with van der Waals surface area (Å²) >= 11 is 0. The molecule has 1 aliphatic rings. The number of carbonyl (C=O) groups excluding carboxylic acids is 2. The van der Waals surface area contributed by atoms with Gasteiger partial charge in [-0.3, -0.25) is 14.6 Å². The Labute approximate surface area is 194 Å². The van der Waals surface area contributed by atoms with Gasteiger partial charge in [0.1, 0.15) is 5.75 Å². The van der Waals surface area contributed by atoms with Crippen molar-refractivity contribution in [3.8, 4) is 17.0 Å². The van der Waals surface area contributed by atoms with E-state index in [0.717, 1.165) is 54.1 Å². The lowest BCUT2D eigenvalue weighted by Gasteiger charge is -2.32. The summed E-state index contributed by atoms with van der Waals surface area (Å²) in [4.78, 5) is 31.1. The lowest BCUT2D eigenvalue weighted by Crippen LogP contribution is -2.39. The maximum Gasteiger partial charge on any atom is 0.248 e. The number of amides is 2. The SMILES string of the molecule is COc1ccc(CCC(=O)N2CCCC(c3cccc(-c4ccc(C(N)=O)cc4)n3)C2)cc1. The second kappa shape index (κ2) is 10.3. The topological polar surface area (TPSA) is 85.5 Å². The second-order valence-corrected chi connectivity index (χ2v) is 8.42. The molecule has 1 unspecified atom stereocenters. The highest BCUT2D eigenvalue weighted by atomic mass is 16.5. The van der Waals surface area contributed by atoms with Crippen molar-refractivity contribution in [3.05, 3.63) is 83.6 Å². The van der Waals surface area contributed by atoms with Gasteiger partial charge in [0.2, 0.25) is 11.8 Å². The third kappa shape index (κ3) is 5.58. The van der Waals surface area contributed by atoms with Crippen LogP contribution in [0.1, 0.15) is 46.8 Å². The van der Waals surface area contributed by atoms with Gasteiger partial charge in [-0.05, 0) is 61.2 Å². The Morgan fingerprint density at radius 1 is 1.06 bits per heavy atom. The summed E-state index contributed by atoms with van der Waals surface area (Å²) in [6.07, 6.45) is 3.20. The highest BCUT2D eigenvalue weighted by Crippen LogP contribution is 2.28. The van der Waals surface area contributed by atoms with Gasteiger partial charge in [-0.25, -0.2) is 0 Å². The molecule has 1 fully saturated rings. The van der Waals surface area contributed by atoms with Crippen LogP contribution in [-0.2, 0) is 11.2 Å². The summed E-state index contributed by atoms with van der Waals surface area (Å²) in [5, 5.41) is 0. The molecule has 33 heavy (non-hydrogen) atoms. The maximum absolute atomic E-state index is 12.9. The number of nitrogens with zero attached hydrogens (tertiary/aromatic N) is 2. The van der Waals surface area contributed by atoms with Crippen LogP contribution in [0.15, 0.2) is 66.7 Å². The van der Waals surface area contributed by atoms with Crippen LogP contribution in [0.5, 0.6) is 5.75 Å². The van der Waals surface area contributed by atoms with Gasteiger partial charge in [-0.1, -0.05) is 30.3 Å². The highest BCUT2D eigenvalue weighted by Gasteiger charge is 2.25. The van der Waals surface area contributed by atoms with Gasteiger partial charge in [-0.15, -0.1) is 0 Å². The first-order valence-electron chi connectivity index (χ1n) is 11.3. The number of aromatic nitrogens is 1. The van der Waals surface area contributed by atoms with Crippen molar-refractivity contribution in [2.75, 3.05) is 20.2 Å². The van der Waals surface area contributed by atoms with Crippen molar-refractivity contribution in [1.29, 1.82) is 0 Å². The van der Waals surface area contributed by atoms with E-state index in [9.17, 15) is 9.59 Å². The Bertz CT molecular complexity index is 1110. The molecule has 4 rings (SSSR count). The molecule has 2 N–H and O–H groups in total. The van der Waals surface area contributed by atoms with E-state index >= 15 is 0 Å². The maximum atomic E-state index is 12.9. The summed E-state index contributed by atoms with van der Waals surface area (Å²) in [5.74, 6) is 0.784. The van der Waals surface area contributed by atoms with Crippen LogP contribution in [0, 0.1) is 0 Å². The van der Waals surface area contributed by atoms with Crippen molar-refractivity contribution in [1.82, 2.24) is 9.88 Å². The Kier molecular flexibility index (Phi) is 7.03. The number of benzene rings is 2. The van der Waals surface area contributed by atoms with Crippen LogP contribution in [0.4, 0.5) is 0 Å². The number of piperidine rings is 1. The van der Waals surface area contributed by atoms with E-state index < -0.39 is 5.91 Å². The summed E-state index contributed by atoms with van der Waals surface area (Å²) in [7, 11) is 1.65. The molecule has 1 aromatic heterocycles. The fourth-order valence-corrected chi connectivity index (χ4v) is 4.29. The zero-order valence-electron chi connectivity index (χ0n) is 18.9. The minimum Gasteiger partial charge on any atom is -0.497 e. The number of hydrogen-bond acceptors (Lipinski definition) is 4. The monoisotopic (exact) mass is 443 g/mol. The van der Waals surface area contributed by atoms with Crippen molar-refractivity contribution in [2.24, 2.45) is 5.73 Å². The average Bonchev–Trinajstić information content (AvgIpc) is 2.87. The number of primary amides is 1. The van der Waals surface area contributed by atoms with E-state index in [0.29, 0.717) is 18.5 Å². The number of methoxy groups -OCH3 is 1. The Balaban J connectivity index is 1.39. The highest BCUT2D eigenvalue weighted by molar-refractivity contribution is 5.93. The molecular formula is C27H29N3O3. The van der Waals surface area contributed by atoms with Gasteiger partial charge in [-0.2, -0.15) is 0 Å². The lowest BCUT2D eigenvalue weighted by atomic mass is 9.93. The van der Waals surface area contributed by atoms with Crippen molar-refractivity contribution in [2.45, 2.75) is 31.6 Å². The van der Waals surface area contributed by atoms with Gasteiger partial charge < -0.3 is 15.4 Å². The smallest absolute Gasteiger partial charge is 0.248 e. The fourth-order valence-electron chi connectivity index (χ4n) is 4.29. The third-order valence-electron chi connectivity index (χ3n) is 6.21. The Morgan fingerprint density at radius 2 is 1.82 bits per heavy atom. The first-order valence-corrected chi connectivity index (χ1v) is 11.3. The average molecular weight is 444 g/mol. The normalized spacial score (nSPS) is 15.8. The van der Waals surface area contributed by atoms with Crippen molar-refractivity contribution >= 4 is 11.8 Å². The first kappa shape index (κ1) is 22.5. The number of rotatable bonds is 7. The molecule has 6 nitrogen and oxygen atoms in total. The standard InChI is InChI=1S/C27H29N3O3/c1-33-23-14-7-19(8-15-23)9-16-26(31)30-17-3-4-22(18-30)25-6-2-5-24(29-25)20-10-12-21(13-11-20)27(28)32/h2,5-8,10-15,22H,3-4,9,16-18H2,1H3,(H2,28,32). The van der Waals surface area contributed by atoms with Crippen molar-refractivity contribution < 1.29 is 14.3 Å².